The Balaban J connectivity index is 1.68. The second-order valence-electron chi connectivity index (χ2n) is 15.7. The molecule has 0 aromatic heterocycles. The van der Waals surface area contributed by atoms with Crippen molar-refractivity contribution in [2.75, 3.05) is 20.1 Å². The summed E-state index contributed by atoms with van der Waals surface area (Å²) in [5.41, 5.74) is 5.92. The largest absolute Gasteiger partial charge is 0.460 e. The zero-order valence-corrected chi connectivity index (χ0v) is 31.0. The first-order valence-corrected chi connectivity index (χ1v) is 19.4. The van der Waals surface area contributed by atoms with Crippen molar-refractivity contribution < 1.29 is 38.6 Å². The van der Waals surface area contributed by atoms with E-state index in [1.165, 1.54) is 31.1 Å². The molecule has 0 aromatic carbocycles. The van der Waals surface area contributed by atoms with Crippen LogP contribution in [0.3, 0.4) is 0 Å². The first kappa shape index (κ1) is 40.5. The van der Waals surface area contributed by atoms with Crippen LogP contribution in [0.15, 0.2) is 0 Å². The third-order valence-corrected chi connectivity index (χ3v) is 11.7. The Morgan fingerprint density at radius 1 is 0.863 bits per heavy atom. The molecule has 51 heavy (non-hydrogen) atoms. The molecule has 2 unspecified atom stereocenters. The maximum absolute atomic E-state index is 14.2. The quantitative estimate of drug-likeness (QED) is 0.165. The molecule has 0 spiro atoms. The molecule has 1 saturated heterocycles. The number of hydrogen-bond donors (Lipinski definition) is 6. The number of fused-ring (bicyclic) bond motifs is 2. The molecule has 288 valence electrons. The predicted molar refractivity (Wildman–Crippen MR) is 189 cm³/mol. The molecule has 0 radical (unpaired) electrons. The van der Waals surface area contributed by atoms with Crippen LogP contribution in [-0.4, -0.2) is 102 Å². The normalized spacial score (nSPS) is 34.9. The minimum absolute atomic E-state index is 0.208. The number of hydrogen-bond acceptors (Lipinski definition) is 9. The van der Waals surface area contributed by atoms with Crippen molar-refractivity contribution in [3.8, 4) is 0 Å². The highest BCUT2D eigenvalue weighted by Crippen LogP contribution is 2.46. The summed E-state index contributed by atoms with van der Waals surface area (Å²) in [4.78, 5) is 83.5. The van der Waals surface area contributed by atoms with Gasteiger partial charge in [0.05, 0.1) is 12.0 Å². The first-order chi connectivity index (χ1) is 24.3. The first-order valence-electron chi connectivity index (χ1n) is 19.4. The van der Waals surface area contributed by atoms with E-state index in [0.29, 0.717) is 43.9 Å². The lowest BCUT2D eigenvalue weighted by atomic mass is 9.77. The number of ether oxygens (including phenoxy) is 1. The number of aliphatic hydroxyl groups excluding tert-OH is 1. The minimum Gasteiger partial charge on any atom is -0.460 e. The highest BCUT2D eigenvalue weighted by atomic mass is 16.5. The Bertz CT molecular complexity index is 1230. The van der Waals surface area contributed by atoms with Crippen LogP contribution in [0.1, 0.15) is 111 Å². The van der Waals surface area contributed by atoms with Gasteiger partial charge in [-0.2, -0.15) is 0 Å². The van der Waals surface area contributed by atoms with E-state index in [4.69, 9.17) is 10.5 Å². The van der Waals surface area contributed by atoms with Crippen LogP contribution in [0.25, 0.3) is 0 Å². The van der Waals surface area contributed by atoms with Gasteiger partial charge in [-0.3, -0.25) is 28.8 Å². The number of nitrogens with zero attached hydrogens (tertiary/aromatic N) is 1. The summed E-state index contributed by atoms with van der Waals surface area (Å²) in [5.74, 6) is -3.29. The molecule has 2 bridgehead atoms. The summed E-state index contributed by atoms with van der Waals surface area (Å²) in [6, 6.07) is -4.63. The van der Waals surface area contributed by atoms with Gasteiger partial charge in [-0.25, -0.2) is 0 Å². The third-order valence-electron chi connectivity index (χ3n) is 11.7. The number of carbonyl (C=O) groups excluding carboxylic acids is 6. The maximum atomic E-state index is 14.2. The average Bonchev–Trinajstić information content (AvgIpc) is 3.26. The summed E-state index contributed by atoms with van der Waals surface area (Å²) < 4.78 is 5.96. The van der Waals surface area contributed by atoms with Crippen LogP contribution in [0, 0.1) is 29.6 Å². The van der Waals surface area contributed by atoms with Gasteiger partial charge in [0.2, 0.25) is 29.5 Å². The van der Waals surface area contributed by atoms with Crippen molar-refractivity contribution in [3.05, 3.63) is 0 Å². The summed E-state index contributed by atoms with van der Waals surface area (Å²) >= 11 is 0. The van der Waals surface area contributed by atoms with Crippen molar-refractivity contribution in [3.63, 3.8) is 0 Å². The van der Waals surface area contributed by atoms with Crippen molar-refractivity contribution >= 4 is 35.5 Å². The molecule has 1 aliphatic heterocycles. The topological polar surface area (TPSA) is 209 Å². The monoisotopic (exact) mass is 718 g/mol. The van der Waals surface area contributed by atoms with E-state index in [-0.39, 0.29) is 24.3 Å². The van der Waals surface area contributed by atoms with Gasteiger partial charge < -0.3 is 41.7 Å². The lowest BCUT2D eigenvalue weighted by Crippen LogP contribution is -2.62. The van der Waals surface area contributed by atoms with E-state index in [2.05, 4.69) is 21.3 Å². The molecule has 1 heterocycles. The van der Waals surface area contributed by atoms with Gasteiger partial charge in [0.15, 0.2) is 0 Å². The van der Waals surface area contributed by atoms with Gasteiger partial charge in [0.1, 0.15) is 36.8 Å². The fourth-order valence-corrected chi connectivity index (χ4v) is 8.85. The van der Waals surface area contributed by atoms with Crippen LogP contribution in [-0.2, 0) is 33.5 Å². The van der Waals surface area contributed by atoms with E-state index in [1.807, 2.05) is 6.92 Å². The van der Waals surface area contributed by atoms with Crippen molar-refractivity contribution in [2.45, 2.75) is 147 Å². The predicted octanol–water partition coefficient (Wildman–Crippen LogP) is 1.27. The molecule has 4 fully saturated rings. The second-order valence-corrected chi connectivity index (χ2v) is 15.7. The Morgan fingerprint density at radius 3 is 2.10 bits per heavy atom. The van der Waals surface area contributed by atoms with Crippen LogP contribution in [0.4, 0.5) is 0 Å². The Labute approximate surface area is 302 Å². The number of cyclic esters (lactones) is 1. The summed E-state index contributed by atoms with van der Waals surface area (Å²) in [7, 11) is 1.58. The second kappa shape index (κ2) is 19.0. The highest BCUT2D eigenvalue weighted by molar-refractivity contribution is 5.96. The van der Waals surface area contributed by atoms with Crippen molar-refractivity contribution in [1.82, 2.24) is 26.2 Å². The molecule has 7 N–H and O–H groups in total. The molecule has 5 amide bonds. The SMILES string of the molecule is CCC[C@H]1C(=O)N[C@@H](C2CCCCCC2)C(=O)N[C@@H](CN)C(=O)N[C@@H](C(C)O)C(=O)NCC(=O)O[C@H](CC2C[C@H]3CC[C@@H](C2)C3)[C@@H](C)C(=O)N1C. The van der Waals surface area contributed by atoms with E-state index in [1.54, 1.807) is 14.0 Å². The number of likely N-dealkylation sites (N-methyl/N-ethyl adjacent to an activating group) is 1. The third kappa shape index (κ3) is 10.9. The van der Waals surface area contributed by atoms with E-state index >= 15 is 0 Å². The Hall–Kier alpha value is -3.26. The van der Waals surface area contributed by atoms with Gasteiger partial charge >= 0.3 is 5.97 Å². The number of amides is 5. The molecule has 3 aliphatic carbocycles. The number of aliphatic hydroxyl groups is 1. The lowest BCUT2D eigenvalue weighted by Gasteiger charge is -2.36. The minimum atomic E-state index is -1.46. The molecule has 10 atom stereocenters. The Kier molecular flexibility index (Phi) is 15.1. The number of nitrogens with one attached hydrogen (secondary N) is 4. The lowest BCUT2D eigenvalue weighted by molar-refractivity contribution is -0.158. The van der Waals surface area contributed by atoms with Crippen LogP contribution in [0.2, 0.25) is 0 Å². The number of esters is 1. The van der Waals surface area contributed by atoms with Gasteiger partial charge in [-0.15, -0.1) is 0 Å². The molecule has 14 nitrogen and oxygen atoms in total. The fourth-order valence-electron chi connectivity index (χ4n) is 8.85. The van der Waals surface area contributed by atoms with Crippen LogP contribution < -0.4 is 27.0 Å². The number of carbonyl (C=O) groups is 6. The molecular formula is C37H62N6O8. The zero-order valence-electron chi connectivity index (χ0n) is 31.0. The summed E-state index contributed by atoms with van der Waals surface area (Å²) in [6.45, 7) is 4.07. The summed E-state index contributed by atoms with van der Waals surface area (Å²) in [5, 5.41) is 21.0. The van der Waals surface area contributed by atoms with Crippen LogP contribution >= 0.6 is 0 Å². The summed E-state index contributed by atoms with van der Waals surface area (Å²) in [6.07, 6.45) is 10.0. The van der Waals surface area contributed by atoms with Crippen molar-refractivity contribution in [1.29, 1.82) is 0 Å². The fraction of sp³-hybridized carbons (Fsp3) is 0.838. The van der Waals surface area contributed by atoms with Crippen molar-refractivity contribution in [2.24, 2.45) is 35.3 Å². The highest BCUT2D eigenvalue weighted by Gasteiger charge is 2.41. The van der Waals surface area contributed by atoms with Gasteiger partial charge in [-0.1, -0.05) is 58.8 Å². The molecular weight excluding hydrogens is 656 g/mol. The van der Waals surface area contributed by atoms with E-state index < -0.39 is 78.4 Å². The zero-order chi connectivity index (χ0) is 37.2. The average molecular weight is 719 g/mol. The van der Waals surface area contributed by atoms with E-state index in [0.717, 1.165) is 38.5 Å². The smallest absolute Gasteiger partial charge is 0.325 e. The number of rotatable bonds is 7. The Morgan fingerprint density at radius 2 is 1.51 bits per heavy atom. The maximum Gasteiger partial charge on any atom is 0.325 e. The molecule has 14 heteroatoms. The molecule has 4 rings (SSSR count). The molecule has 3 saturated carbocycles. The molecule has 0 aromatic rings. The van der Waals surface area contributed by atoms with Gasteiger partial charge in [-0.05, 0) is 75.5 Å². The van der Waals surface area contributed by atoms with E-state index in [9.17, 15) is 33.9 Å². The van der Waals surface area contributed by atoms with Crippen LogP contribution in [0.5, 0.6) is 0 Å². The van der Waals surface area contributed by atoms with Gasteiger partial charge in [0.25, 0.3) is 0 Å². The standard InChI is InChI=1S/C37H62N6O8/c1-5-10-28-34(47)42-32(26-11-8-6-7-9-12-26)36(49)40-27(19-38)33(46)41-31(22(3)44)35(48)39-20-30(45)51-29(21(2)37(50)43(28)4)18-25-16-23-13-14-24(15-23)17-25/h21-29,31-32,44H,5-20,38H2,1-4H3,(H,39,48)(H,40,49)(H,41,46)(H,42,47)/t21-,22?,23-,24+,25?,27+,28+,29-,31+,32+/m1/s1. The molecule has 4 aliphatic rings. The number of nitrogens with two attached hydrogens (primary N) is 1. The van der Waals surface area contributed by atoms with Gasteiger partial charge in [0, 0.05) is 13.6 Å².